The van der Waals surface area contributed by atoms with Crippen LogP contribution in [0.5, 0.6) is 0 Å². The molecule has 0 aliphatic heterocycles. The first kappa shape index (κ1) is 18.8. The van der Waals surface area contributed by atoms with Gasteiger partial charge in [0.25, 0.3) is 0 Å². The van der Waals surface area contributed by atoms with Crippen molar-refractivity contribution in [2.45, 2.75) is 6.92 Å². The molecule has 0 spiro atoms. The second-order valence-electron chi connectivity index (χ2n) is 3.72. The van der Waals surface area contributed by atoms with Crippen LogP contribution >= 0.6 is 11.6 Å². The van der Waals surface area contributed by atoms with Gasteiger partial charge in [-0.05, 0) is 24.6 Å². The van der Waals surface area contributed by atoms with Crippen LogP contribution in [0.1, 0.15) is 5.56 Å². The van der Waals surface area contributed by atoms with Gasteiger partial charge in [-0.1, -0.05) is 22.9 Å². The maximum atomic E-state index is 10.4. The van der Waals surface area contributed by atoms with Gasteiger partial charge in [0, 0.05) is 12.1 Å². The first-order valence-electron chi connectivity index (χ1n) is 5.11. The Morgan fingerprint density at radius 3 is 2.63 bits per heavy atom. The molecule has 1 aromatic rings. The summed E-state index contributed by atoms with van der Waals surface area (Å²) in [7, 11) is -2.70. The maximum Gasteiger partial charge on any atom is 1.00 e. The van der Waals surface area contributed by atoms with Gasteiger partial charge in [-0.15, -0.1) is 5.11 Å². The maximum absolute atomic E-state index is 10.4. The smallest absolute Gasteiger partial charge is 0.748 e. The molecule has 0 saturated heterocycles. The van der Waals surface area contributed by atoms with E-state index in [2.05, 4.69) is 10.3 Å². The monoisotopic (exact) mass is 313 g/mol. The predicted octanol–water partition coefficient (Wildman–Crippen LogP) is -0.872. The van der Waals surface area contributed by atoms with Crippen LogP contribution in [-0.2, 0) is 10.1 Å². The zero-order chi connectivity index (χ0) is 13.8. The van der Waals surface area contributed by atoms with Crippen molar-refractivity contribution in [2.24, 2.45) is 10.3 Å². The fourth-order valence-electron chi connectivity index (χ4n) is 1.12. The fraction of sp³-hybridized carbons (Fsp3) is 0.400. The molecule has 0 aromatic heterocycles. The first-order chi connectivity index (χ1) is 8.29. The molecule has 19 heavy (non-hydrogen) atoms. The molecule has 1 rings (SSSR count). The van der Waals surface area contributed by atoms with Gasteiger partial charge < -0.3 is 4.55 Å². The van der Waals surface area contributed by atoms with Crippen molar-refractivity contribution in [3.8, 4) is 0 Å². The van der Waals surface area contributed by atoms with Gasteiger partial charge >= 0.3 is 29.6 Å². The summed E-state index contributed by atoms with van der Waals surface area (Å²) < 4.78 is 31.3. The number of nitrogens with zero attached hydrogens (tertiary/aromatic N) is 3. The molecule has 9 heteroatoms. The summed E-state index contributed by atoms with van der Waals surface area (Å²) in [4.78, 5) is 0. The van der Waals surface area contributed by atoms with Crippen LogP contribution in [0.15, 0.2) is 28.5 Å². The Morgan fingerprint density at radius 2 is 2.05 bits per heavy atom. The van der Waals surface area contributed by atoms with Crippen molar-refractivity contribution in [1.29, 1.82) is 0 Å². The average molecular weight is 314 g/mol. The molecule has 0 unspecified atom stereocenters. The summed E-state index contributed by atoms with van der Waals surface area (Å²) in [6, 6.07) is 5.22. The van der Waals surface area contributed by atoms with E-state index in [1.165, 1.54) is 12.1 Å². The van der Waals surface area contributed by atoms with E-state index >= 15 is 0 Å². The third kappa shape index (κ3) is 7.24. The van der Waals surface area contributed by atoms with E-state index in [4.69, 9.17) is 11.6 Å². The van der Waals surface area contributed by atoms with Crippen molar-refractivity contribution >= 4 is 27.4 Å². The van der Waals surface area contributed by atoms with Crippen LogP contribution in [0.3, 0.4) is 0 Å². The van der Waals surface area contributed by atoms with Crippen LogP contribution < -0.4 is 29.6 Å². The molecule has 0 N–H and O–H groups in total. The van der Waals surface area contributed by atoms with Crippen molar-refractivity contribution in [2.75, 3.05) is 19.3 Å². The minimum atomic E-state index is -4.23. The number of hydrogen-bond acceptors (Lipinski definition) is 5. The fourth-order valence-corrected chi connectivity index (χ4v) is 1.77. The van der Waals surface area contributed by atoms with Crippen LogP contribution in [0.2, 0.25) is 5.02 Å². The van der Waals surface area contributed by atoms with Gasteiger partial charge in [0.2, 0.25) is 0 Å². The van der Waals surface area contributed by atoms with Gasteiger partial charge in [0.15, 0.2) is 0 Å². The molecule has 0 atom stereocenters. The standard InChI is InChI=1S/C10H14ClN3O3S.Na/c1-8-9(11)4-3-5-10(8)12-13-14(2)6-7-18(15,16)17;/h3-5H,6-7H2,1-2H3,(H,15,16,17);/q;+1/p-1. The Kier molecular flexibility index (Phi) is 8.11. The van der Waals surface area contributed by atoms with Crippen LogP contribution in [0.25, 0.3) is 0 Å². The van der Waals surface area contributed by atoms with E-state index in [9.17, 15) is 13.0 Å². The summed E-state index contributed by atoms with van der Waals surface area (Å²) >= 11 is 5.91. The van der Waals surface area contributed by atoms with E-state index < -0.39 is 15.9 Å². The van der Waals surface area contributed by atoms with Crippen molar-refractivity contribution in [3.63, 3.8) is 0 Å². The van der Waals surface area contributed by atoms with Crippen molar-refractivity contribution in [3.05, 3.63) is 28.8 Å². The third-order valence-electron chi connectivity index (χ3n) is 2.21. The van der Waals surface area contributed by atoms with E-state index in [0.717, 1.165) is 5.56 Å². The quantitative estimate of drug-likeness (QED) is 0.306. The molecule has 0 aliphatic carbocycles. The molecular weight excluding hydrogens is 301 g/mol. The molecule has 0 fully saturated rings. The number of halogens is 1. The predicted molar refractivity (Wildman–Crippen MR) is 67.9 cm³/mol. The minimum Gasteiger partial charge on any atom is -0.748 e. The summed E-state index contributed by atoms with van der Waals surface area (Å²) in [6.45, 7) is 1.80. The molecular formula is C10H13ClN3NaO3S. The number of benzene rings is 1. The molecule has 6 nitrogen and oxygen atoms in total. The van der Waals surface area contributed by atoms with Crippen LogP contribution in [0, 0.1) is 6.92 Å². The molecule has 1 aromatic carbocycles. The summed E-state index contributed by atoms with van der Waals surface area (Å²) in [6.07, 6.45) is 0. The minimum absolute atomic E-state index is 0. The zero-order valence-electron chi connectivity index (χ0n) is 11.0. The van der Waals surface area contributed by atoms with E-state index in [-0.39, 0.29) is 36.1 Å². The summed E-state index contributed by atoms with van der Waals surface area (Å²) in [5.41, 5.74) is 1.38. The van der Waals surface area contributed by atoms with E-state index in [1.807, 2.05) is 0 Å². The van der Waals surface area contributed by atoms with Gasteiger partial charge in [-0.3, -0.25) is 5.01 Å². The second kappa shape index (κ2) is 8.18. The van der Waals surface area contributed by atoms with Crippen molar-refractivity contribution in [1.82, 2.24) is 5.01 Å². The van der Waals surface area contributed by atoms with E-state index in [0.29, 0.717) is 10.7 Å². The Morgan fingerprint density at radius 1 is 1.42 bits per heavy atom. The second-order valence-corrected chi connectivity index (χ2v) is 5.65. The molecule has 100 valence electrons. The molecule has 0 amide bonds. The Labute approximate surface area is 139 Å². The number of hydrogen-bond donors (Lipinski definition) is 0. The largest absolute Gasteiger partial charge is 1.00 e. The number of rotatable bonds is 5. The molecule has 0 heterocycles. The van der Waals surface area contributed by atoms with Gasteiger partial charge in [0.05, 0.1) is 28.1 Å². The summed E-state index contributed by atoms with van der Waals surface area (Å²) in [5, 5.41) is 9.60. The third-order valence-corrected chi connectivity index (χ3v) is 3.30. The molecule has 0 bridgehead atoms. The molecule has 0 saturated carbocycles. The Hall–Kier alpha value is -0.180. The topological polar surface area (TPSA) is 85.2 Å². The van der Waals surface area contributed by atoms with Crippen LogP contribution in [-0.4, -0.2) is 37.3 Å². The normalized spacial score (nSPS) is 11.4. The van der Waals surface area contributed by atoms with Gasteiger partial charge in [0.1, 0.15) is 0 Å². The average Bonchev–Trinajstić information content (AvgIpc) is 2.27. The van der Waals surface area contributed by atoms with Crippen molar-refractivity contribution < 1.29 is 42.5 Å². The molecule has 0 radical (unpaired) electrons. The first-order valence-corrected chi connectivity index (χ1v) is 7.06. The Bertz CT molecular complexity index is 551. The van der Waals surface area contributed by atoms with Gasteiger partial charge in [-0.25, -0.2) is 8.42 Å². The van der Waals surface area contributed by atoms with Gasteiger partial charge in [-0.2, -0.15) is 0 Å². The zero-order valence-corrected chi connectivity index (χ0v) is 14.6. The SMILES string of the molecule is Cc1c(Cl)cccc1N=NN(C)CCS(=O)(=O)[O-].[Na+]. The molecule has 0 aliphatic rings. The summed E-state index contributed by atoms with van der Waals surface area (Å²) in [5.74, 6) is -0.503. The van der Waals surface area contributed by atoms with E-state index in [1.54, 1.807) is 25.1 Å². The Balaban J connectivity index is 0.00000324. The van der Waals surface area contributed by atoms with Crippen LogP contribution in [0.4, 0.5) is 5.69 Å².